The van der Waals surface area contributed by atoms with Crippen molar-refractivity contribution >= 4 is 23.7 Å². The molecule has 1 fully saturated rings. The lowest BCUT2D eigenvalue weighted by Crippen LogP contribution is -2.26. The minimum atomic E-state index is -0.548. The first-order valence-corrected chi connectivity index (χ1v) is 9.80. The third-order valence-electron chi connectivity index (χ3n) is 4.88. The third kappa shape index (κ3) is 5.55. The van der Waals surface area contributed by atoms with E-state index in [1.165, 1.54) is 19.1 Å². The maximum Gasteiger partial charge on any atom is 0.414 e. The highest BCUT2D eigenvalue weighted by Gasteiger charge is 2.33. The minimum Gasteiger partial charge on any atom is -0.489 e. The molecule has 3 rings (SSSR count). The summed E-state index contributed by atoms with van der Waals surface area (Å²) in [5.74, 6) is -0.445. The summed E-state index contributed by atoms with van der Waals surface area (Å²) in [6.07, 6.45) is -1.02. The Morgan fingerprint density at radius 2 is 1.78 bits per heavy atom. The second kappa shape index (κ2) is 10.3. The Balaban J connectivity index is 1.70. The van der Waals surface area contributed by atoms with Gasteiger partial charge in [0.1, 0.15) is 12.4 Å². The van der Waals surface area contributed by atoms with Crippen LogP contribution < -0.4 is 9.64 Å². The zero-order valence-corrected chi connectivity index (χ0v) is 17.7. The van der Waals surface area contributed by atoms with Crippen molar-refractivity contribution in [3.8, 4) is 11.8 Å². The zero-order valence-electron chi connectivity index (χ0n) is 17.7. The predicted molar refractivity (Wildman–Crippen MR) is 112 cm³/mol. The number of carbonyl (C=O) groups is 3. The number of amides is 1. The standard InChI is InChI=1S/C23H22N2O7/c1-29-21(26)10-16-3-6-17(11-22(27)30-2)20(9-16)31-14-19-13-25(23(28)32-19)18-7-4-15(12-24)5-8-18/h3-9,19H,10-11,13-14H2,1-2H3. The van der Waals surface area contributed by atoms with Gasteiger partial charge < -0.3 is 18.9 Å². The Morgan fingerprint density at radius 1 is 1.09 bits per heavy atom. The summed E-state index contributed by atoms with van der Waals surface area (Å²) in [4.78, 5) is 37.1. The maximum absolute atomic E-state index is 12.3. The molecule has 0 bridgehead atoms. The molecule has 1 amide bonds. The van der Waals surface area contributed by atoms with Crippen molar-refractivity contribution in [2.24, 2.45) is 0 Å². The van der Waals surface area contributed by atoms with E-state index in [2.05, 4.69) is 0 Å². The fourth-order valence-electron chi connectivity index (χ4n) is 3.17. The van der Waals surface area contributed by atoms with Gasteiger partial charge in [-0.15, -0.1) is 0 Å². The number of rotatable bonds is 8. The number of esters is 2. The lowest BCUT2D eigenvalue weighted by molar-refractivity contribution is -0.140. The van der Waals surface area contributed by atoms with E-state index in [4.69, 9.17) is 24.2 Å². The van der Waals surface area contributed by atoms with Gasteiger partial charge in [-0.05, 0) is 35.9 Å². The summed E-state index contributed by atoms with van der Waals surface area (Å²) in [7, 11) is 2.60. The first kappa shape index (κ1) is 22.6. The van der Waals surface area contributed by atoms with E-state index >= 15 is 0 Å². The number of nitrogens with zero attached hydrogens (tertiary/aromatic N) is 2. The second-order valence-electron chi connectivity index (χ2n) is 7.03. The SMILES string of the molecule is COC(=O)Cc1ccc(CC(=O)OC)c(OCC2CN(c3ccc(C#N)cc3)C(=O)O2)c1. The lowest BCUT2D eigenvalue weighted by Gasteiger charge is -2.15. The number of carbonyl (C=O) groups excluding carboxylic acids is 3. The van der Waals surface area contributed by atoms with Crippen molar-refractivity contribution < 1.29 is 33.3 Å². The van der Waals surface area contributed by atoms with Gasteiger partial charge in [0.2, 0.25) is 0 Å². The number of hydrogen-bond donors (Lipinski definition) is 0. The highest BCUT2D eigenvalue weighted by atomic mass is 16.6. The molecule has 0 spiro atoms. The monoisotopic (exact) mass is 438 g/mol. The maximum atomic E-state index is 12.3. The number of hydrogen-bond acceptors (Lipinski definition) is 8. The molecule has 1 saturated heterocycles. The second-order valence-corrected chi connectivity index (χ2v) is 7.03. The number of benzene rings is 2. The van der Waals surface area contributed by atoms with Crippen LogP contribution in [0.1, 0.15) is 16.7 Å². The summed E-state index contributed by atoms with van der Waals surface area (Å²) in [6.45, 7) is 0.313. The third-order valence-corrected chi connectivity index (χ3v) is 4.88. The average molecular weight is 438 g/mol. The molecule has 1 atom stereocenters. The fraction of sp³-hybridized carbons (Fsp3) is 0.304. The topological polar surface area (TPSA) is 115 Å². The molecule has 1 unspecified atom stereocenters. The molecule has 166 valence electrons. The Labute approximate surface area is 185 Å². The average Bonchev–Trinajstić information content (AvgIpc) is 3.19. The van der Waals surface area contributed by atoms with Gasteiger partial charge >= 0.3 is 18.0 Å². The van der Waals surface area contributed by atoms with Gasteiger partial charge in [0, 0.05) is 11.3 Å². The van der Waals surface area contributed by atoms with Crippen LogP contribution >= 0.6 is 0 Å². The number of methoxy groups -OCH3 is 2. The van der Waals surface area contributed by atoms with Crippen LogP contribution in [0.3, 0.4) is 0 Å². The Hall–Kier alpha value is -4.06. The zero-order chi connectivity index (χ0) is 23.1. The molecule has 0 N–H and O–H groups in total. The summed E-state index contributed by atoms with van der Waals surface area (Å²) >= 11 is 0. The fourth-order valence-corrected chi connectivity index (χ4v) is 3.17. The van der Waals surface area contributed by atoms with E-state index in [1.54, 1.807) is 42.5 Å². The molecular weight excluding hydrogens is 416 g/mol. The van der Waals surface area contributed by atoms with E-state index in [0.29, 0.717) is 28.1 Å². The van der Waals surface area contributed by atoms with Crippen LogP contribution in [0, 0.1) is 11.3 Å². The molecule has 9 nitrogen and oxygen atoms in total. The summed E-state index contributed by atoms with van der Waals surface area (Å²) < 4.78 is 20.7. The van der Waals surface area contributed by atoms with Crippen LogP contribution in [0.25, 0.3) is 0 Å². The first-order chi connectivity index (χ1) is 15.4. The van der Waals surface area contributed by atoms with Crippen molar-refractivity contribution in [1.82, 2.24) is 0 Å². The van der Waals surface area contributed by atoms with Gasteiger partial charge in [0.05, 0.1) is 45.2 Å². The highest BCUT2D eigenvalue weighted by Crippen LogP contribution is 2.25. The van der Waals surface area contributed by atoms with E-state index in [0.717, 1.165) is 0 Å². The minimum absolute atomic E-state index is 0.00778. The summed E-state index contributed by atoms with van der Waals surface area (Å²) in [5, 5.41) is 8.91. The molecule has 0 aliphatic carbocycles. The molecule has 1 aliphatic heterocycles. The summed E-state index contributed by atoms with van der Waals surface area (Å²) in [5.41, 5.74) is 2.34. The van der Waals surface area contributed by atoms with Gasteiger partial charge in [-0.3, -0.25) is 14.5 Å². The molecular formula is C23H22N2O7. The number of anilines is 1. The number of nitriles is 1. The molecule has 1 heterocycles. The Morgan fingerprint density at radius 3 is 2.44 bits per heavy atom. The lowest BCUT2D eigenvalue weighted by atomic mass is 10.1. The van der Waals surface area contributed by atoms with E-state index in [-0.39, 0.29) is 26.0 Å². The van der Waals surface area contributed by atoms with Crippen LogP contribution in [-0.4, -0.2) is 51.5 Å². The van der Waals surface area contributed by atoms with Crippen molar-refractivity contribution in [2.45, 2.75) is 18.9 Å². The Bertz CT molecular complexity index is 1040. The Kier molecular flexibility index (Phi) is 7.29. The summed E-state index contributed by atoms with van der Waals surface area (Å²) in [6, 6.07) is 13.7. The van der Waals surface area contributed by atoms with Gasteiger partial charge in [-0.2, -0.15) is 5.26 Å². The molecule has 0 radical (unpaired) electrons. The molecule has 2 aromatic carbocycles. The van der Waals surface area contributed by atoms with Gasteiger partial charge in [-0.25, -0.2) is 4.79 Å². The van der Waals surface area contributed by atoms with Gasteiger partial charge in [0.15, 0.2) is 6.10 Å². The molecule has 2 aromatic rings. The van der Waals surface area contributed by atoms with Crippen molar-refractivity contribution in [2.75, 3.05) is 32.3 Å². The van der Waals surface area contributed by atoms with Crippen molar-refractivity contribution in [3.63, 3.8) is 0 Å². The number of cyclic esters (lactones) is 1. The largest absolute Gasteiger partial charge is 0.489 e. The molecule has 9 heteroatoms. The number of ether oxygens (including phenoxy) is 4. The smallest absolute Gasteiger partial charge is 0.414 e. The molecule has 0 aromatic heterocycles. The molecule has 32 heavy (non-hydrogen) atoms. The van der Waals surface area contributed by atoms with E-state index in [9.17, 15) is 14.4 Å². The molecule has 1 aliphatic rings. The van der Waals surface area contributed by atoms with Gasteiger partial charge in [0.25, 0.3) is 0 Å². The van der Waals surface area contributed by atoms with Gasteiger partial charge in [-0.1, -0.05) is 12.1 Å². The highest BCUT2D eigenvalue weighted by molar-refractivity contribution is 5.89. The molecule has 0 saturated carbocycles. The van der Waals surface area contributed by atoms with Crippen LogP contribution in [0.4, 0.5) is 10.5 Å². The van der Waals surface area contributed by atoms with E-state index < -0.39 is 24.1 Å². The quantitative estimate of drug-likeness (QED) is 0.456. The van der Waals surface area contributed by atoms with Crippen LogP contribution in [0.2, 0.25) is 0 Å². The normalized spacial score (nSPS) is 15.0. The first-order valence-electron chi connectivity index (χ1n) is 9.80. The van der Waals surface area contributed by atoms with Crippen LogP contribution in [0.5, 0.6) is 5.75 Å². The van der Waals surface area contributed by atoms with Crippen molar-refractivity contribution in [3.05, 3.63) is 59.2 Å². The predicted octanol–water partition coefficient (Wildman–Crippen LogP) is 2.39. The van der Waals surface area contributed by atoms with Crippen LogP contribution in [-0.2, 0) is 36.6 Å². The van der Waals surface area contributed by atoms with Crippen molar-refractivity contribution in [1.29, 1.82) is 5.26 Å². The van der Waals surface area contributed by atoms with E-state index in [1.807, 2.05) is 6.07 Å². The van der Waals surface area contributed by atoms with Crippen LogP contribution in [0.15, 0.2) is 42.5 Å².